The molecule has 2 aromatic heterocycles. The van der Waals surface area contributed by atoms with Crippen LogP contribution in [0.5, 0.6) is 0 Å². The number of anilines is 2. The number of carbonyl (C=O) groups excluding carboxylic acids is 1. The monoisotopic (exact) mass is 468 g/mol. The van der Waals surface area contributed by atoms with Crippen molar-refractivity contribution in [3.8, 4) is 0 Å². The maximum Gasteiger partial charge on any atom is 0.354 e. The summed E-state index contributed by atoms with van der Waals surface area (Å²) in [6.07, 6.45) is -0.127. The number of esters is 1. The normalized spacial score (nSPS) is 11.0. The van der Waals surface area contributed by atoms with E-state index in [1.807, 2.05) is 19.1 Å². The van der Waals surface area contributed by atoms with E-state index in [9.17, 15) is 14.4 Å². The predicted octanol–water partition coefficient (Wildman–Crippen LogP) is 3.47. The Morgan fingerprint density at radius 3 is 2.61 bits per heavy atom. The lowest BCUT2D eigenvalue weighted by Crippen LogP contribution is -2.43. The number of carbonyl (C=O) groups is 1. The predicted molar refractivity (Wildman–Crippen MR) is 124 cm³/mol. The number of nitrogens with one attached hydrogen (secondary N) is 1. The first kappa shape index (κ1) is 22.3. The molecule has 0 aliphatic carbocycles. The Labute approximate surface area is 193 Å². The van der Waals surface area contributed by atoms with Gasteiger partial charge in [0.1, 0.15) is 11.3 Å². The Morgan fingerprint density at radius 1 is 1.12 bits per heavy atom. The molecular formula is C23H21ClN4O5. The Balaban J connectivity index is 1.76. The van der Waals surface area contributed by atoms with E-state index in [1.165, 1.54) is 11.7 Å². The van der Waals surface area contributed by atoms with E-state index in [0.717, 1.165) is 26.9 Å². The molecule has 0 amide bonds. The zero-order valence-corrected chi connectivity index (χ0v) is 18.8. The summed E-state index contributed by atoms with van der Waals surface area (Å²) in [5.41, 5.74) is 0.774. The number of ether oxygens (including phenoxy) is 1. The molecule has 0 aliphatic rings. The SMILES string of the molecule is COC(=O)CCn1c(=O)nc(Nc2ccc3oc(C)cc3c2)n(Cc2ccc(Cl)cc2)c1=O. The molecule has 0 atom stereocenters. The number of halogens is 1. The molecule has 33 heavy (non-hydrogen) atoms. The van der Waals surface area contributed by atoms with Crippen LogP contribution in [0.4, 0.5) is 11.6 Å². The van der Waals surface area contributed by atoms with Crippen LogP contribution in [-0.4, -0.2) is 27.2 Å². The lowest BCUT2D eigenvalue weighted by Gasteiger charge is -2.15. The smallest absolute Gasteiger partial charge is 0.354 e. The van der Waals surface area contributed by atoms with Gasteiger partial charge >= 0.3 is 17.3 Å². The van der Waals surface area contributed by atoms with Gasteiger partial charge < -0.3 is 14.5 Å². The molecule has 0 aliphatic heterocycles. The van der Waals surface area contributed by atoms with Gasteiger partial charge in [0.25, 0.3) is 0 Å². The molecular weight excluding hydrogens is 448 g/mol. The summed E-state index contributed by atoms with van der Waals surface area (Å²) in [5.74, 6) is 0.318. The largest absolute Gasteiger partial charge is 0.469 e. The summed E-state index contributed by atoms with van der Waals surface area (Å²) in [7, 11) is 1.24. The van der Waals surface area contributed by atoms with Crippen molar-refractivity contribution in [2.24, 2.45) is 0 Å². The highest BCUT2D eigenvalue weighted by atomic mass is 35.5. The minimum absolute atomic E-state index is 0.0776. The molecule has 0 spiro atoms. The molecule has 0 radical (unpaired) electrons. The average molecular weight is 469 g/mol. The van der Waals surface area contributed by atoms with Crippen LogP contribution >= 0.6 is 11.6 Å². The van der Waals surface area contributed by atoms with E-state index in [-0.39, 0.29) is 25.5 Å². The molecule has 0 bridgehead atoms. The number of hydrogen-bond acceptors (Lipinski definition) is 7. The second-order valence-corrected chi connectivity index (χ2v) is 7.86. The van der Waals surface area contributed by atoms with Gasteiger partial charge in [-0.05, 0) is 48.9 Å². The van der Waals surface area contributed by atoms with Gasteiger partial charge in [-0.25, -0.2) is 14.2 Å². The number of aromatic nitrogens is 3. The zero-order chi connectivity index (χ0) is 23.5. The van der Waals surface area contributed by atoms with Gasteiger partial charge in [-0.1, -0.05) is 23.7 Å². The lowest BCUT2D eigenvalue weighted by molar-refractivity contribution is -0.140. The Hall–Kier alpha value is -3.85. The van der Waals surface area contributed by atoms with Gasteiger partial charge in [0.2, 0.25) is 5.95 Å². The van der Waals surface area contributed by atoms with Gasteiger partial charge in [-0.3, -0.25) is 9.36 Å². The fourth-order valence-corrected chi connectivity index (χ4v) is 3.55. The number of fused-ring (bicyclic) bond motifs is 1. The highest BCUT2D eigenvalue weighted by Crippen LogP contribution is 2.24. The Morgan fingerprint density at radius 2 is 1.88 bits per heavy atom. The van der Waals surface area contributed by atoms with E-state index < -0.39 is 17.3 Å². The van der Waals surface area contributed by atoms with Crippen LogP contribution in [0.1, 0.15) is 17.7 Å². The van der Waals surface area contributed by atoms with Crippen molar-refractivity contribution in [1.29, 1.82) is 0 Å². The van der Waals surface area contributed by atoms with Gasteiger partial charge in [0.15, 0.2) is 0 Å². The summed E-state index contributed by atoms with van der Waals surface area (Å²) >= 11 is 5.97. The number of hydrogen-bond donors (Lipinski definition) is 1. The van der Waals surface area contributed by atoms with Crippen LogP contribution < -0.4 is 16.7 Å². The first-order chi connectivity index (χ1) is 15.8. The highest BCUT2D eigenvalue weighted by Gasteiger charge is 2.16. The second-order valence-electron chi connectivity index (χ2n) is 7.43. The fourth-order valence-electron chi connectivity index (χ4n) is 3.42. The molecule has 2 heterocycles. The number of rotatable bonds is 7. The van der Waals surface area contributed by atoms with Crippen molar-refractivity contribution in [2.45, 2.75) is 26.4 Å². The third-order valence-electron chi connectivity index (χ3n) is 5.07. The van der Waals surface area contributed by atoms with Gasteiger partial charge in [0.05, 0.1) is 20.1 Å². The Bertz CT molecular complexity index is 1440. The molecule has 9 nitrogen and oxygen atoms in total. The number of methoxy groups -OCH3 is 1. The molecule has 0 saturated carbocycles. The molecule has 2 aromatic carbocycles. The zero-order valence-electron chi connectivity index (χ0n) is 18.0. The van der Waals surface area contributed by atoms with E-state index in [4.69, 9.17) is 16.0 Å². The molecule has 1 N–H and O–H groups in total. The summed E-state index contributed by atoms with van der Waals surface area (Å²) in [5, 5.41) is 4.50. The van der Waals surface area contributed by atoms with Crippen LogP contribution in [0.3, 0.4) is 0 Å². The highest BCUT2D eigenvalue weighted by molar-refractivity contribution is 6.30. The summed E-state index contributed by atoms with van der Waals surface area (Å²) in [6.45, 7) is 1.85. The van der Waals surface area contributed by atoms with E-state index in [1.54, 1.807) is 36.4 Å². The average Bonchev–Trinajstić information content (AvgIpc) is 3.16. The molecule has 4 aromatic rings. The van der Waals surface area contributed by atoms with Crippen molar-refractivity contribution in [3.05, 3.63) is 85.8 Å². The molecule has 0 unspecified atom stereocenters. The fraction of sp³-hybridized carbons (Fsp3) is 0.217. The topological polar surface area (TPSA) is 108 Å². The molecule has 170 valence electrons. The number of furan rings is 1. The lowest BCUT2D eigenvalue weighted by atomic mass is 10.2. The van der Waals surface area contributed by atoms with E-state index in [0.29, 0.717) is 10.7 Å². The van der Waals surface area contributed by atoms with E-state index in [2.05, 4.69) is 15.0 Å². The quantitative estimate of drug-likeness (QED) is 0.414. The first-order valence-electron chi connectivity index (χ1n) is 10.1. The molecule has 10 heteroatoms. The van der Waals surface area contributed by atoms with Crippen molar-refractivity contribution in [3.63, 3.8) is 0 Å². The van der Waals surface area contributed by atoms with Crippen LogP contribution in [-0.2, 0) is 22.6 Å². The van der Waals surface area contributed by atoms with Gasteiger partial charge in [-0.15, -0.1) is 0 Å². The van der Waals surface area contributed by atoms with Crippen molar-refractivity contribution in [1.82, 2.24) is 14.1 Å². The molecule has 0 fully saturated rings. The summed E-state index contributed by atoms with van der Waals surface area (Å²) < 4.78 is 12.5. The van der Waals surface area contributed by atoms with Gasteiger partial charge in [0, 0.05) is 22.6 Å². The molecule has 0 saturated heterocycles. The van der Waals surface area contributed by atoms with Crippen LogP contribution in [0, 0.1) is 6.92 Å². The van der Waals surface area contributed by atoms with Crippen LogP contribution in [0.25, 0.3) is 11.0 Å². The maximum absolute atomic E-state index is 13.2. The number of aryl methyl sites for hydroxylation is 1. The number of nitrogens with zero attached hydrogens (tertiary/aromatic N) is 3. The van der Waals surface area contributed by atoms with Crippen LogP contribution in [0.15, 0.2) is 62.5 Å². The van der Waals surface area contributed by atoms with Crippen molar-refractivity contribution in [2.75, 3.05) is 12.4 Å². The van der Waals surface area contributed by atoms with Crippen molar-refractivity contribution >= 4 is 40.2 Å². The maximum atomic E-state index is 13.2. The Kier molecular flexibility index (Phi) is 6.32. The second kappa shape index (κ2) is 9.33. The third kappa shape index (κ3) is 4.98. The number of benzene rings is 2. The summed E-state index contributed by atoms with van der Waals surface area (Å²) in [6, 6.07) is 14.3. The standard InChI is InChI=1S/C23H21ClN4O5/c1-14-11-16-12-18(7-8-19(16)33-14)25-21-26-22(30)27(10-9-20(29)32-2)23(31)28(21)13-15-3-5-17(24)6-4-15/h3-8,11-12H,9-10,13H2,1-2H3,(H,25,26,30). The van der Waals surface area contributed by atoms with E-state index >= 15 is 0 Å². The van der Waals surface area contributed by atoms with Gasteiger partial charge in [-0.2, -0.15) is 4.98 Å². The summed E-state index contributed by atoms with van der Waals surface area (Å²) in [4.78, 5) is 41.5. The minimum Gasteiger partial charge on any atom is -0.469 e. The third-order valence-corrected chi connectivity index (χ3v) is 5.32. The first-order valence-corrected chi connectivity index (χ1v) is 10.5. The van der Waals surface area contributed by atoms with Crippen LogP contribution in [0.2, 0.25) is 5.02 Å². The van der Waals surface area contributed by atoms with Crippen molar-refractivity contribution < 1.29 is 13.9 Å². The minimum atomic E-state index is -0.765. The molecule has 4 rings (SSSR count).